The van der Waals surface area contributed by atoms with Crippen molar-refractivity contribution < 1.29 is 14.2 Å². The molecule has 0 fully saturated rings. The van der Waals surface area contributed by atoms with E-state index in [0.29, 0.717) is 12.2 Å². The van der Waals surface area contributed by atoms with Crippen LogP contribution in [-0.4, -0.2) is 17.7 Å². The SMILES string of the molecule is CCOC(=O)c1csc2[n+](-c3ccccc3)nc(C)c-2c1. The maximum atomic E-state index is 11.8. The Kier molecular flexibility index (Phi) is 3.66. The van der Waals surface area contributed by atoms with E-state index in [4.69, 9.17) is 4.74 Å². The smallest absolute Gasteiger partial charge is 0.338 e. The highest BCUT2D eigenvalue weighted by Gasteiger charge is 2.28. The number of esters is 1. The molecule has 5 heteroatoms. The van der Waals surface area contributed by atoms with Crippen molar-refractivity contribution in [2.45, 2.75) is 13.8 Å². The number of hydrogen-bond acceptors (Lipinski definition) is 4. The van der Waals surface area contributed by atoms with Crippen LogP contribution in [0.4, 0.5) is 0 Å². The van der Waals surface area contributed by atoms with E-state index < -0.39 is 0 Å². The fourth-order valence-corrected chi connectivity index (χ4v) is 3.15. The van der Waals surface area contributed by atoms with Crippen molar-refractivity contribution in [2.24, 2.45) is 0 Å². The molecule has 0 N–H and O–H groups in total. The van der Waals surface area contributed by atoms with E-state index in [1.54, 1.807) is 6.92 Å². The zero-order valence-corrected chi connectivity index (χ0v) is 12.7. The molecule has 0 spiro atoms. The molecule has 0 aliphatic carbocycles. The first-order chi connectivity index (χ1) is 10.2. The van der Waals surface area contributed by atoms with Gasteiger partial charge in [0.2, 0.25) is 5.69 Å². The van der Waals surface area contributed by atoms with Crippen LogP contribution in [-0.2, 0) is 4.74 Å². The zero-order chi connectivity index (χ0) is 14.8. The molecule has 4 nitrogen and oxygen atoms in total. The van der Waals surface area contributed by atoms with E-state index in [1.807, 2.05) is 53.4 Å². The lowest BCUT2D eigenvalue weighted by atomic mass is 10.2. The molecule has 0 aromatic heterocycles. The zero-order valence-electron chi connectivity index (χ0n) is 11.9. The van der Waals surface area contributed by atoms with E-state index in [2.05, 4.69) is 5.10 Å². The van der Waals surface area contributed by atoms with Gasteiger partial charge < -0.3 is 4.74 Å². The molecule has 0 amide bonds. The van der Waals surface area contributed by atoms with Crippen LogP contribution in [0.3, 0.4) is 0 Å². The van der Waals surface area contributed by atoms with E-state index in [-0.39, 0.29) is 5.97 Å². The molecule has 0 saturated heterocycles. The summed E-state index contributed by atoms with van der Waals surface area (Å²) < 4.78 is 6.96. The molecular weight excluding hydrogens is 284 g/mol. The first-order valence-corrected chi connectivity index (χ1v) is 7.62. The van der Waals surface area contributed by atoms with Crippen LogP contribution in [0.2, 0.25) is 0 Å². The van der Waals surface area contributed by atoms with Gasteiger partial charge in [-0.05, 0) is 24.6 Å². The molecule has 0 saturated carbocycles. The third-order valence-electron chi connectivity index (χ3n) is 3.17. The van der Waals surface area contributed by atoms with Gasteiger partial charge in [-0.2, -0.15) is 0 Å². The van der Waals surface area contributed by atoms with Gasteiger partial charge in [0, 0.05) is 22.6 Å². The number of ether oxygens (including phenoxy) is 1. The van der Waals surface area contributed by atoms with Gasteiger partial charge in [0.15, 0.2) is 0 Å². The van der Waals surface area contributed by atoms with Gasteiger partial charge in [-0.3, -0.25) is 0 Å². The van der Waals surface area contributed by atoms with Crippen LogP contribution in [0.1, 0.15) is 23.0 Å². The summed E-state index contributed by atoms with van der Waals surface area (Å²) in [7, 11) is 0. The number of hydrogen-bond donors (Lipinski definition) is 0. The van der Waals surface area contributed by atoms with Crippen molar-refractivity contribution >= 4 is 17.3 Å². The minimum Gasteiger partial charge on any atom is -0.462 e. The topological polar surface area (TPSA) is 43.1 Å². The number of fused-ring (bicyclic) bond motifs is 1. The van der Waals surface area contributed by atoms with Crippen molar-refractivity contribution in [3.63, 3.8) is 0 Å². The lowest BCUT2D eigenvalue weighted by molar-refractivity contribution is -0.642. The van der Waals surface area contributed by atoms with E-state index in [1.165, 1.54) is 11.3 Å². The summed E-state index contributed by atoms with van der Waals surface area (Å²) >= 11 is 1.50. The summed E-state index contributed by atoms with van der Waals surface area (Å²) in [5.74, 6) is -0.289. The number of para-hydroxylation sites is 1. The Balaban J connectivity index is 2.09. The van der Waals surface area contributed by atoms with Crippen LogP contribution >= 0.6 is 11.3 Å². The van der Waals surface area contributed by atoms with Crippen LogP contribution in [0.25, 0.3) is 16.3 Å². The maximum absolute atomic E-state index is 11.8. The van der Waals surface area contributed by atoms with Gasteiger partial charge in [0.25, 0.3) is 0 Å². The van der Waals surface area contributed by atoms with Gasteiger partial charge >= 0.3 is 11.0 Å². The predicted molar refractivity (Wildman–Crippen MR) is 81.0 cm³/mol. The summed E-state index contributed by atoms with van der Waals surface area (Å²) in [5.41, 5.74) is 3.46. The second-order valence-electron chi connectivity index (χ2n) is 4.61. The van der Waals surface area contributed by atoms with Crippen LogP contribution < -0.4 is 4.68 Å². The number of carbonyl (C=O) groups excluding carboxylic acids is 1. The number of aromatic nitrogens is 2. The molecule has 2 heterocycles. The van der Waals surface area contributed by atoms with Crippen molar-refractivity contribution in [2.75, 3.05) is 6.61 Å². The number of carbonyl (C=O) groups is 1. The minimum absolute atomic E-state index is 0.289. The van der Waals surface area contributed by atoms with E-state index >= 15 is 0 Å². The van der Waals surface area contributed by atoms with Gasteiger partial charge in [-0.1, -0.05) is 29.5 Å². The fourth-order valence-electron chi connectivity index (χ4n) is 2.17. The highest BCUT2D eigenvalue weighted by Crippen LogP contribution is 2.28. The van der Waals surface area contributed by atoms with Crippen molar-refractivity contribution in [1.29, 1.82) is 0 Å². The van der Waals surface area contributed by atoms with Crippen molar-refractivity contribution in [1.82, 2.24) is 5.10 Å². The summed E-state index contributed by atoms with van der Waals surface area (Å²) in [6.45, 7) is 4.13. The van der Waals surface area contributed by atoms with Gasteiger partial charge in [-0.25, -0.2) is 4.79 Å². The Bertz CT molecular complexity index is 752. The second-order valence-corrected chi connectivity index (χ2v) is 5.47. The lowest BCUT2D eigenvalue weighted by Crippen LogP contribution is -2.33. The molecule has 1 aromatic carbocycles. The highest BCUT2D eigenvalue weighted by molar-refractivity contribution is 7.12. The van der Waals surface area contributed by atoms with Gasteiger partial charge in [0.1, 0.15) is 5.69 Å². The fraction of sp³-hybridized carbons (Fsp3) is 0.188. The quantitative estimate of drug-likeness (QED) is 0.551. The molecule has 0 atom stereocenters. The van der Waals surface area contributed by atoms with Gasteiger partial charge in [-0.15, -0.1) is 0 Å². The molecule has 21 heavy (non-hydrogen) atoms. The monoisotopic (exact) mass is 299 g/mol. The molecule has 0 bridgehead atoms. The Morgan fingerprint density at radius 2 is 2.10 bits per heavy atom. The standard InChI is InChI=1S/C16H15N2O2S/c1-3-20-16(19)12-9-14-11(2)17-18(15(14)21-10-12)13-7-5-4-6-8-13/h4-10H,3H2,1-2H3/q+1. The van der Waals surface area contributed by atoms with Crippen LogP contribution in [0.5, 0.6) is 0 Å². The normalized spacial score (nSPS) is 10.8. The third kappa shape index (κ3) is 2.52. The summed E-state index contributed by atoms with van der Waals surface area (Å²) in [5, 5.41) is 7.42. The second kappa shape index (κ2) is 5.61. The average molecular weight is 299 g/mol. The average Bonchev–Trinajstić information content (AvgIpc) is 2.85. The van der Waals surface area contributed by atoms with Gasteiger partial charge in [0.05, 0.1) is 17.7 Å². The lowest BCUT2D eigenvalue weighted by Gasteiger charge is -2.01. The largest absolute Gasteiger partial charge is 0.462 e. The molecular formula is C16H15N2O2S+. The minimum atomic E-state index is -0.289. The number of nitrogens with zero attached hydrogens (tertiary/aromatic N) is 2. The molecule has 2 aliphatic rings. The molecule has 2 aliphatic heterocycles. The Labute approximate surface area is 127 Å². The molecule has 3 rings (SSSR count). The molecule has 106 valence electrons. The van der Waals surface area contributed by atoms with Crippen LogP contribution in [0, 0.1) is 6.92 Å². The Morgan fingerprint density at radius 3 is 2.81 bits per heavy atom. The number of benzene rings is 1. The summed E-state index contributed by atoms with van der Waals surface area (Å²) in [6.07, 6.45) is 0. The van der Waals surface area contributed by atoms with Crippen LogP contribution in [0.15, 0.2) is 41.8 Å². The Hall–Kier alpha value is -2.27. The maximum Gasteiger partial charge on any atom is 0.338 e. The summed E-state index contributed by atoms with van der Waals surface area (Å²) in [4.78, 5) is 11.8. The highest BCUT2D eigenvalue weighted by atomic mass is 32.1. The first kappa shape index (κ1) is 13.7. The predicted octanol–water partition coefficient (Wildman–Crippen LogP) is 3.01. The number of aryl methyl sites for hydroxylation is 1. The molecule has 0 radical (unpaired) electrons. The number of rotatable bonds is 3. The van der Waals surface area contributed by atoms with E-state index in [0.717, 1.165) is 22.0 Å². The molecule has 0 unspecified atom stereocenters. The van der Waals surface area contributed by atoms with E-state index in [9.17, 15) is 4.79 Å². The third-order valence-corrected chi connectivity index (χ3v) is 4.16. The van der Waals surface area contributed by atoms with Crippen molar-refractivity contribution in [3.05, 3.63) is 53.0 Å². The first-order valence-electron chi connectivity index (χ1n) is 6.74. The summed E-state index contributed by atoms with van der Waals surface area (Å²) in [6, 6.07) is 11.8. The Morgan fingerprint density at radius 1 is 1.33 bits per heavy atom. The molecule has 1 aromatic rings. The van der Waals surface area contributed by atoms with Crippen molar-refractivity contribution in [3.8, 4) is 16.3 Å².